The van der Waals surface area contributed by atoms with Crippen molar-refractivity contribution in [3.63, 3.8) is 0 Å². The minimum Gasteiger partial charge on any atom is -0.490 e. The molecule has 0 aliphatic heterocycles. The van der Waals surface area contributed by atoms with E-state index in [0.717, 1.165) is 16.5 Å². The van der Waals surface area contributed by atoms with Gasteiger partial charge < -0.3 is 9.84 Å². The molecule has 2 rings (SSSR count). The van der Waals surface area contributed by atoms with Crippen molar-refractivity contribution in [2.45, 2.75) is 45.9 Å². The molecule has 1 atom stereocenters. The van der Waals surface area contributed by atoms with Gasteiger partial charge in [-0.2, -0.15) is 0 Å². The van der Waals surface area contributed by atoms with E-state index >= 15 is 0 Å². The van der Waals surface area contributed by atoms with Crippen LogP contribution in [0.3, 0.4) is 0 Å². The highest BCUT2D eigenvalue weighted by Gasteiger charge is 2.18. The van der Waals surface area contributed by atoms with Gasteiger partial charge in [-0.25, -0.2) is 0 Å². The molecule has 0 saturated heterocycles. The standard InChI is InChI=1S/C19H27NO2/c1-14(2)20(15(3)4)12-17(21)13-22-19-11-7-9-16-8-5-6-10-18(16)19/h5-11,14-15,17,21H,12-13H2,1-4H3. The lowest BCUT2D eigenvalue weighted by Gasteiger charge is -2.32. The summed E-state index contributed by atoms with van der Waals surface area (Å²) in [5.74, 6) is 0.831. The molecule has 2 aromatic carbocycles. The van der Waals surface area contributed by atoms with Crippen LogP contribution in [0.5, 0.6) is 5.75 Å². The number of rotatable bonds is 7. The quantitative estimate of drug-likeness (QED) is 0.846. The molecule has 0 radical (unpaired) electrons. The topological polar surface area (TPSA) is 32.7 Å². The highest BCUT2D eigenvalue weighted by Crippen LogP contribution is 2.25. The van der Waals surface area contributed by atoms with Crippen LogP contribution >= 0.6 is 0 Å². The summed E-state index contributed by atoms with van der Waals surface area (Å²) < 4.78 is 5.86. The summed E-state index contributed by atoms with van der Waals surface area (Å²) in [5, 5.41) is 12.5. The van der Waals surface area contributed by atoms with Gasteiger partial charge in [0.25, 0.3) is 0 Å². The van der Waals surface area contributed by atoms with Crippen molar-refractivity contribution in [3.8, 4) is 5.75 Å². The predicted octanol–water partition coefficient (Wildman–Crippen LogP) is 3.70. The lowest BCUT2D eigenvalue weighted by Crippen LogP contribution is -2.43. The second-order valence-corrected chi connectivity index (χ2v) is 6.33. The Labute approximate surface area is 133 Å². The van der Waals surface area contributed by atoms with E-state index in [2.05, 4.69) is 44.7 Å². The molecule has 3 heteroatoms. The Kier molecular flexibility index (Phi) is 5.81. The maximum absolute atomic E-state index is 10.3. The summed E-state index contributed by atoms with van der Waals surface area (Å²) in [6.45, 7) is 9.54. The first-order valence-electron chi connectivity index (χ1n) is 8.03. The zero-order valence-corrected chi connectivity index (χ0v) is 14.0. The molecule has 0 aromatic heterocycles. The van der Waals surface area contributed by atoms with E-state index in [1.165, 1.54) is 0 Å². The van der Waals surface area contributed by atoms with E-state index < -0.39 is 6.10 Å². The molecule has 0 aliphatic carbocycles. The van der Waals surface area contributed by atoms with Crippen LogP contribution in [-0.2, 0) is 0 Å². The van der Waals surface area contributed by atoms with Crippen LogP contribution < -0.4 is 4.74 Å². The third-order valence-electron chi connectivity index (χ3n) is 3.93. The minimum absolute atomic E-state index is 0.309. The normalized spacial score (nSPS) is 13.3. The van der Waals surface area contributed by atoms with E-state index in [1.54, 1.807) is 0 Å². The highest BCUT2D eigenvalue weighted by atomic mass is 16.5. The van der Waals surface area contributed by atoms with Crippen molar-refractivity contribution in [2.24, 2.45) is 0 Å². The molecule has 2 aromatic rings. The smallest absolute Gasteiger partial charge is 0.127 e. The van der Waals surface area contributed by atoms with Gasteiger partial charge in [0.2, 0.25) is 0 Å². The third-order valence-corrected chi connectivity index (χ3v) is 3.93. The number of benzene rings is 2. The summed E-state index contributed by atoms with van der Waals surface area (Å²) in [6, 6.07) is 15.0. The Morgan fingerprint density at radius 1 is 0.955 bits per heavy atom. The molecular weight excluding hydrogens is 274 g/mol. The largest absolute Gasteiger partial charge is 0.490 e. The summed E-state index contributed by atoms with van der Waals surface area (Å²) in [4.78, 5) is 2.27. The first kappa shape index (κ1) is 16.8. The van der Waals surface area contributed by atoms with Crippen LogP contribution in [0, 0.1) is 0 Å². The van der Waals surface area contributed by atoms with Gasteiger partial charge in [-0.1, -0.05) is 36.4 Å². The lowest BCUT2D eigenvalue weighted by atomic mass is 10.1. The monoisotopic (exact) mass is 301 g/mol. The average Bonchev–Trinajstić information content (AvgIpc) is 2.49. The fourth-order valence-electron chi connectivity index (χ4n) is 2.82. The fraction of sp³-hybridized carbons (Fsp3) is 0.474. The predicted molar refractivity (Wildman–Crippen MR) is 92.4 cm³/mol. The Morgan fingerprint density at radius 3 is 2.27 bits per heavy atom. The highest BCUT2D eigenvalue weighted by molar-refractivity contribution is 5.88. The van der Waals surface area contributed by atoms with E-state index in [-0.39, 0.29) is 0 Å². The second kappa shape index (κ2) is 7.61. The lowest BCUT2D eigenvalue weighted by molar-refractivity contribution is 0.0449. The number of hydrogen-bond acceptors (Lipinski definition) is 3. The Balaban J connectivity index is 1.99. The van der Waals surface area contributed by atoms with Gasteiger partial charge in [-0.3, -0.25) is 4.90 Å². The van der Waals surface area contributed by atoms with Crippen molar-refractivity contribution in [1.82, 2.24) is 4.90 Å². The number of nitrogens with zero attached hydrogens (tertiary/aromatic N) is 1. The molecule has 0 fully saturated rings. The Hall–Kier alpha value is -1.58. The van der Waals surface area contributed by atoms with Crippen molar-refractivity contribution in [2.75, 3.05) is 13.2 Å². The van der Waals surface area contributed by atoms with Crippen LogP contribution in [0.1, 0.15) is 27.7 Å². The van der Waals surface area contributed by atoms with Crippen molar-refractivity contribution >= 4 is 10.8 Å². The van der Waals surface area contributed by atoms with E-state index in [0.29, 0.717) is 25.2 Å². The fourth-order valence-corrected chi connectivity index (χ4v) is 2.82. The van der Waals surface area contributed by atoms with Crippen LogP contribution in [0.2, 0.25) is 0 Å². The number of fused-ring (bicyclic) bond motifs is 1. The Bertz CT molecular complexity index is 582. The van der Waals surface area contributed by atoms with Gasteiger partial charge in [0, 0.05) is 24.0 Å². The summed E-state index contributed by atoms with van der Waals surface area (Å²) in [5.41, 5.74) is 0. The molecule has 1 unspecified atom stereocenters. The molecule has 1 N–H and O–H groups in total. The summed E-state index contributed by atoms with van der Waals surface area (Å²) >= 11 is 0. The maximum Gasteiger partial charge on any atom is 0.127 e. The molecule has 22 heavy (non-hydrogen) atoms. The molecule has 0 bridgehead atoms. The van der Waals surface area contributed by atoms with Gasteiger partial charge in [0.05, 0.1) is 0 Å². The zero-order chi connectivity index (χ0) is 16.1. The number of aliphatic hydroxyl groups excluding tert-OH is 1. The molecule has 120 valence electrons. The molecule has 3 nitrogen and oxygen atoms in total. The summed E-state index contributed by atoms with van der Waals surface area (Å²) in [6.07, 6.45) is -0.497. The second-order valence-electron chi connectivity index (χ2n) is 6.33. The van der Waals surface area contributed by atoms with Crippen LogP contribution in [-0.4, -0.2) is 41.3 Å². The third kappa shape index (κ3) is 4.21. The van der Waals surface area contributed by atoms with Crippen molar-refractivity contribution < 1.29 is 9.84 Å². The SMILES string of the molecule is CC(C)N(CC(O)COc1cccc2ccccc12)C(C)C. The number of hydrogen-bond donors (Lipinski definition) is 1. The molecule has 0 saturated carbocycles. The van der Waals surface area contributed by atoms with E-state index in [9.17, 15) is 5.11 Å². The molecule has 0 heterocycles. The van der Waals surface area contributed by atoms with Gasteiger partial charge in [-0.15, -0.1) is 0 Å². The van der Waals surface area contributed by atoms with Gasteiger partial charge in [-0.05, 0) is 39.1 Å². The Morgan fingerprint density at radius 2 is 1.59 bits per heavy atom. The van der Waals surface area contributed by atoms with Crippen molar-refractivity contribution in [3.05, 3.63) is 42.5 Å². The molecule has 0 aliphatic rings. The van der Waals surface area contributed by atoms with E-state index in [4.69, 9.17) is 4.74 Å². The molecule has 0 amide bonds. The van der Waals surface area contributed by atoms with Crippen molar-refractivity contribution in [1.29, 1.82) is 0 Å². The first-order chi connectivity index (χ1) is 10.5. The molecular formula is C19H27NO2. The van der Waals surface area contributed by atoms with Gasteiger partial charge >= 0.3 is 0 Å². The van der Waals surface area contributed by atoms with Crippen LogP contribution in [0.4, 0.5) is 0 Å². The molecule has 0 spiro atoms. The van der Waals surface area contributed by atoms with Crippen LogP contribution in [0.25, 0.3) is 10.8 Å². The maximum atomic E-state index is 10.3. The number of ether oxygens (including phenoxy) is 1. The van der Waals surface area contributed by atoms with Crippen LogP contribution in [0.15, 0.2) is 42.5 Å². The first-order valence-corrected chi connectivity index (χ1v) is 8.03. The average molecular weight is 301 g/mol. The van der Waals surface area contributed by atoms with Gasteiger partial charge in [0.1, 0.15) is 18.5 Å². The zero-order valence-electron chi connectivity index (χ0n) is 14.0. The number of aliphatic hydroxyl groups is 1. The van der Waals surface area contributed by atoms with E-state index in [1.807, 2.05) is 30.3 Å². The minimum atomic E-state index is -0.497. The summed E-state index contributed by atoms with van der Waals surface area (Å²) in [7, 11) is 0. The van der Waals surface area contributed by atoms with Gasteiger partial charge in [0.15, 0.2) is 0 Å².